The maximum absolute atomic E-state index is 11.5. The van der Waals surface area contributed by atoms with Crippen LogP contribution in [0.15, 0.2) is 24.3 Å². The van der Waals surface area contributed by atoms with Crippen molar-refractivity contribution in [1.29, 1.82) is 0 Å². The summed E-state index contributed by atoms with van der Waals surface area (Å²) in [5.41, 5.74) is 1.20. The highest BCUT2D eigenvalue weighted by Gasteiger charge is 2.02. The van der Waals surface area contributed by atoms with Gasteiger partial charge in [-0.15, -0.1) is 11.8 Å². The van der Waals surface area contributed by atoms with Gasteiger partial charge in [-0.3, -0.25) is 4.79 Å². The number of benzene rings is 1. The van der Waals surface area contributed by atoms with Crippen molar-refractivity contribution in [3.8, 4) is 5.75 Å². The third kappa shape index (κ3) is 7.08. The number of ether oxygens (including phenoxy) is 1. The third-order valence-electron chi connectivity index (χ3n) is 2.54. The van der Waals surface area contributed by atoms with Crippen molar-refractivity contribution in [2.45, 2.75) is 5.75 Å². The maximum Gasteiger partial charge on any atom is 0.230 e. The van der Waals surface area contributed by atoms with Crippen molar-refractivity contribution < 1.29 is 9.53 Å². The van der Waals surface area contributed by atoms with Gasteiger partial charge in [0.2, 0.25) is 5.91 Å². The summed E-state index contributed by atoms with van der Waals surface area (Å²) in [6.07, 6.45) is 0. The van der Waals surface area contributed by atoms with Crippen molar-refractivity contribution in [3.63, 3.8) is 0 Å². The van der Waals surface area contributed by atoms with Crippen LogP contribution in [0.25, 0.3) is 0 Å². The highest BCUT2D eigenvalue weighted by atomic mass is 32.2. The summed E-state index contributed by atoms with van der Waals surface area (Å²) >= 11 is 1.62. The fourth-order valence-corrected chi connectivity index (χ4v) is 2.27. The third-order valence-corrected chi connectivity index (χ3v) is 3.55. The zero-order chi connectivity index (χ0) is 14.1. The number of methoxy groups -OCH3 is 1. The Morgan fingerprint density at radius 1 is 1.32 bits per heavy atom. The number of thioether (sulfide) groups is 1. The van der Waals surface area contributed by atoms with Gasteiger partial charge >= 0.3 is 0 Å². The predicted molar refractivity (Wildman–Crippen MR) is 80.7 cm³/mol. The van der Waals surface area contributed by atoms with E-state index in [1.54, 1.807) is 18.9 Å². The fourth-order valence-electron chi connectivity index (χ4n) is 1.45. The summed E-state index contributed by atoms with van der Waals surface area (Å²) in [4.78, 5) is 13.6. The standard InChI is InChI=1S/C14H22N2O2S/c1-16(2)9-8-15-14(17)11-19-10-12-4-6-13(18-3)7-5-12/h4-7H,8-11H2,1-3H3,(H,15,17). The number of nitrogens with zero attached hydrogens (tertiary/aromatic N) is 1. The number of carbonyl (C=O) groups is 1. The van der Waals surface area contributed by atoms with E-state index in [2.05, 4.69) is 5.32 Å². The molecule has 0 fully saturated rings. The van der Waals surface area contributed by atoms with Crippen LogP contribution in [0.4, 0.5) is 0 Å². The second-order valence-electron chi connectivity index (χ2n) is 4.49. The quantitative estimate of drug-likeness (QED) is 0.786. The molecule has 1 rings (SSSR count). The molecule has 0 bridgehead atoms. The lowest BCUT2D eigenvalue weighted by molar-refractivity contribution is -0.118. The fraction of sp³-hybridized carbons (Fsp3) is 0.500. The van der Waals surface area contributed by atoms with Crippen molar-refractivity contribution >= 4 is 17.7 Å². The van der Waals surface area contributed by atoms with Crippen LogP contribution in [0.2, 0.25) is 0 Å². The van der Waals surface area contributed by atoms with E-state index >= 15 is 0 Å². The van der Waals surface area contributed by atoms with Gasteiger partial charge in [-0.2, -0.15) is 0 Å². The van der Waals surface area contributed by atoms with Gasteiger partial charge in [0.25, 0.3) is 0 Å². The molecular weight excluding hydrogens is 260 g/mol. The zero-order valence-electron chi connectivity index (χ0n) is 11.8. The number of carbonyl (C=O) groups excluding carboxylic acids is 1. The summed E-state index contributed by atoms with van der Waals surface area (Å²) in [7, 11) is 5.64. The van der Waals surface area contributed by atoms with Gasteiger partial charge in [0.1, 0.15) is 5.75 Å². The number of amides is 1. The van der Waals surface area contributed by atoms with Crippen LogP contribution in [0.3, 0.4) is 0 Å². The molecule has 0 atom stereocenters. The molecule has 1 amide bonds. The number of nitrogens with one attached hydrogen (secondary N) is 1. The Bertz CT molecular complexity index is 380. The van der Waals surface area contributed by atoms with E-state index in [1.807, 2.05) is 43.3 Å². The summed E-state index contributed by atoms with van der Waals surface area (Å²) in [5.74, 6) is 2.29. The Morgan fingerprint density at radius 2 is 2.00 bits per heavy atom. The minimum absolute atomic E-state index is 0.0976. The molecule has 19 heavy (non-hydrogen) atoms. The molecule has 4 nitrogen and oxygen atoms in total. The first-order valence-corrected chi connectivity index (χ1v) is 7.39. The molecule has 0 saturated carbocycles. The van der Waals surface area contributed by atoms with Crippen molar-refractivity contribution in [2.75, 3.05) is 40.0 Å². The number of likely N-dealkylation sites (N-methyl/N-ethyl adjacent to an activating group) is 1. The zero-order valence-corrected chi connectivity index (χ0v) is 12.6. The van der Waals surface area contributed by atoms with E-state index in [9.17, 15) is 4.79 Å². The average Bonchev–Trinajstić information content (AvgIpc) is 2.39. The monoisotopic (exact) mass is 282 g/mol. The Labute approximate surface area is 119 Å². The molecule has 5 heteroatoms. The molecule has 1 aromatic rings. The van der Waals surface area contributed by atoms with E-state index in [-0.39, 0.29) is 5.91 Å². The molecule has 0 radical (unpaired) electrons. The van der Waals surface area contributed by atoms with Crippen LogP contribution >= 0.6 is 11.8 Å². The van der Waals surface area contributed by atoms with Crippen LogP contribution in [0, 0.1) is 0 Å². The molecule has 0 aliphatic carbocycles. The first-order chi connectivity index (χ1) is 9.11. The lowest BCUT2D eigenvalue weighted by Crippen LogP contribution is -2.32. The Balaban J connectivity index is 2.16. The first kappa shape index (κ1) is 15.9. The summed E-state index contributed by atoms with van der Waals surface area (Å²) in [6.45, 7) is 1.57. The summed E-state index contributed by atoms with van der Waals surface area (Å²) in [5, 5.41) is 2.90. The van der Waals surface area contributed by atoms with Gasteiger partial charge in [0.05, 0.1) is 12.9 Å². The highest BCUT2D eigenvalue weighted by Crippen LogP contribution is 2.16. The minimum atomic E-state index is 0.0976. The molecule has 0 aliphatic heterocycles. The number of hydrogen-bond donors (Lipinski definition) is 1. The lowest BCUT2D eigenvalue weighted by atomic mass is 10.2. The van der Waals surface area contributed by atoms with Crippen LogP contribution in [-0.2, 0) is 10.5 Å². The Hall–Kier alpha value is -1.20. The number of hydrogen-bond acceptors (Lipinski definition) is 4. The molecule has 1 N–H and O–H groups in total. The lowest BCUT2D eigenvalue weighted by Gasteiger charge is -2.10. The van der Waals surface area contributed by atoms with E-state index in [1.165, 1.54) is 5.56 Å². The SMILES string of the molecule is COc1ccc(CSCC(=O)NCCN(C)C)cc1. The Kier molecular flexibility index (Phi) is 7.36. The molecule has 0 aliphatic rings. The van der Waals surface area contributed by atoms with Gasteiger partial charge < -0.3 is 15.0 Å². The second kappa shape index (κ2) is 8.82. The van der Waals surface area contributed by atoms with E-state index < -0.39 is 0 Å². The van der Waals surface area contributed by atoms with Gasteiger partial charge in [0, 0.05) is 18.8 Å². The van der Waals surface area contributed by atoms with Crippen LogP contribution in [0.5, 0.6) is 5.75 Å². The second-order valence-corrected chi connectivity index (χ2v) is 5.48. The number of rotatable bonds is 8. The normalized spacial score (nSPS) is 10.5. The molecule has 0 saturated heterocycles. The molecule has 0 unspecified atom stereocenters. The van der Waals surface area contributed by atoms with E-state index in [0.29, 0.717) is 12.3 Å². The first-order valence-electron chi connectivity index (χ1n) is 6.24. The van der Waals surface area contributed by atoms with Crippen LogP contribution in [0.1, 0.15) is 5.56 Å². The molecule has 0 heterocycles. The van der Waals surface area contributed by atoms with Gasteiger partial charge in [-0.05, 0) is 31.8 Å². The molecule has 106 valence electrons. The largest absolute Gasteiger partial charge is 0.497 e. The van der Waals surface area contributed by atoms with Gasteiger partial charge in [-0.25, -0.2) is 0 Å². The summed E-state index contributed by atoms with van der Waals surface area (Å²) in [6, 6.07) is 7.92. The highest BCUT2D eigenvalue weighted by molar-refractivity contribution is 7.99. The van der Waals surface area contributed by atoms with E-state index in [4.69, 9.17) is 4.74 Å². The summed E-state index contributed by atoms with van der Waals surface area (Å²) < 4.78 is 5.10. The molecule has 1 aromatic carbocycles. The molecule has 0 aromatic heterocycles. The predicted octanol–water partition coefficient (Wildman–Crippen LogP) is 1.61. The van der Waals surface area contributed by atoms with Crippen LogP contribution in [-0.4, -0.2) is 50.9 Å². The Morgan fingerprint density at radius 3 is 2.58 bits per heavy atom. The minimum Gasteiger partial charge on any atom is -0.497 e. The van der Waals surface area contributed by atoms with Crippen LogP contribution < -0.4 is 10.1 Å². The molecular formula is C14H22N2O2S. The van der Waals surface area contributed by atoms with Crippen molar-refractivity contribution in [1.82, 2.24) is 10.2 Å². The molecule has 0 spiro atoms. The van der Waals surface area contributed by atoms with Crippen molar-refractivity contribution in [2.24, 2.45) is 0 Å². The maximum atomic E-state index is 11.5. The van der Waals surface area contributed by atoms with Gasteiger partial charge in [-0.1, -0.05) is 12.1 Å². The topological polar surface area (TPSA) is 41.6 Å². The van der Waals surface area contributed by atoms with Crippen molar-refractivity contribution in [3.05, 3.63) is 29.8 Å². The average molecular weight is 282 g/mol. The van der Waals surface area contributed by atoms with Gasteiger partial charge in [0.15, 0.2) is 0 Å². The smallest absolute Gasteiger partial charge is 0.230 e. The van der Waals surface area contributed by atoms with E-state index in [0.717, 1.165) is 18.0 Å².